The van der Waals surface area contributed by atoms with Gasteiger partial charge in [0.05, 0.1) is 11.6 Å². The smallest absolute Gasteiger partial charge is 0.321 e. The van der Waals surface area contributed by atoms with Crippen molar-refractivity contribution in [1.29, 1.82) is 0 Å². The number of anilines is 1. The Morgan fingerprint density at radius 1 is 1.50 bits per heavy atom. The maximum atomic E-state index is 11.7. The Bertz CT molecular complexity index is 460. The van der Waals surface area contributed by atoms with E-state index in [1.54, 1.807) is 0 Å². The molecule has 1 aromatic heterocycles. The van der Waals surface area contributed by atoms with E-state index in [0.29, 0.717) is 18.0 Å². The van der Waals surface area contributed by atoms with Gasteiger partial charge in [0.15, 0.2) is 5.13 Å². The van der Waals surface area contributed by atoms with Crippen LogP contribution in [0.25, 0.3) is 0 Å². The molecule has 0 bridgehead atoms. The van der Waals surface area contributed by atoms with Crippen molar-refractivity contribution in [3.05, 3.63) is 11.1 Å². The topological polar surface area (TPSA) is 91.3 Å². The number of nitrogens with one attached hydrogen (secondary N) is 2. The number of hydrogen-bond donors (Lipinski definition) is 3. The van der Waals surface area contributed by atoms with Crippen LogP contribution in [0.4, 0.5) is 9.93 Å². The summed E-state index contributed by atoms with van der Waals surface area (Å²) in [4.78, 5) is 26.8. The summed E-state index contributed by atoms with van der Waals surface area (Å²) in [6, 6.07) is -0.675. The number of aliphatic carboxylic acids is 1. The van der Waals surface area contributed by atoms with E-state index in [4.69, 9.17) is 5.11 Å². The predicted molar refractivity (Wildman–Crippen MR) is 67.8 cm³/mol. The molecule has 0 saturated heterocycles. The van der Waals surface area contributed by atoms with Crippen LogP contribution in [0.1, 0.15) is 25.0 Å². The Hall–Kier alpha value is -1.63. The molecule has 1 aliphatic rings. The van der Waals surface area contributed by atoms with Crippen LogP contribution in [-0.4, -0.2) is 28.1 Å². The van der Waals surface area contributed by atoms with E-state index in [-0.39, 0.29) is 12.1 Å². The van der Waals surface area contributed by atoms with Crippen molar-refractivity contribution >= 4 is 28.5 Å². The number of nitrogens with zero attached hydrogens (tertiary/aromatic N) is 1. The van der Waals surface area contributed by atoms with Crippen LogP contribution >= 0.6 is 11.3 Å². The molecule has 1 heterocycles. The highest BCUT2D eigenvalue weighted by Gasteiger charge is 2.33. The van der Waals surface area contributed by atoms with Crippen molar-refractivity contribution in [2.45, 2.75) is 32.2 Å². The third-order valence-corrected chi connectivity index (χ3v) is 3.86. The average Bonchev–Trinajstić information content (AvgIpc) is 2.87. The normalized spacial score (nSPS) is 22.7. The van der Waals surface area contributed by atoms with E-state index in [2.05, 4.69) is 15.6 Å². The van der Waals surface area contributed by atoms with Crippen molar-refractivity contribution in [1.82, 2.24) is 10.3 Å². The maximum Gasteiger partial charge on any atom is 0.321 e. The van der Waals surface area contributed by atoms with Gasteiger partial charge in [0.2, 0.25) is 0 Å². The molecule has 0 aromatic carbocycles. The summed E-state index contributed by atoms with van der Waals surface area (Å²) in [7, 11) is 0. The minimum atomic E-state index is -0.845. The molecule has 2 unspecified atom stereocenters. The number of thiazole rings is 1. The molecule has 0 aliphatic heterocycles. The number of carbonyl (C=O) groups is 2. The molecule has 1 aromatic rings. The fraction of sp³-hybridized carbons (Fsp3) is 0.545. The molecule has 2 atom stereocenters. The van der Waals surface area contributed by atoms with Crippen LogP contribution in [0.3, 0.4) is 0 Å². The van der Waals surface area contributed by atoms with Crippen molar-refractivity contribution in [3.8, 4) is 0 Å². The van der Waals surface area contributed by atoms with Gasteiger partial charge in [0, 0.05) is 11.4 Å². The third kappa shape index (κ3) is 2.98. The summed E-state index contributed by atoms with van der Waals surface area (Å²) < 4.78 is 0. The number of carboxylic acids is 1. The quantitative estimate of drug-likeness (QED) is 0.780. The minimum Gasteiger partial charge on any atom is -0.481 e. The van der Waals surface area contributed by atoms with Crippen molar-refractivity contribution < 1.29 is 14.7 Å². The van der Waals surface area contributed by atoms with Crippen LogP contribution in [0.15, 0.2) is 5.38 Å². The molecular weight excluding hydrogens is 254 g/mol. The summed E-state index contributed by atoms with van der Waals surface area (Å²) in [6.45, 7) is 1.84. The van der Waals surface area contributed by atoms with Crippen LogP contribution in [0, 0.1) is 12.8 Å². The second-order valence-electron chi connectivity index (χ2n) is 4.37. The minimum absolute atomic E-state index is 0.288. The Kier molecular flexibility index (Phi) is 3.81. The fourth-order valence-corrected chi connectivity index (χ4v) is 2.82. The van der Waals surface area contributed by atoms with Crippen LogP contribution in [-0.2, 0) is 4.79 Å². The molecule has 0 radical (unpaired) electrons. The Morgan fingerprint density at radius 3 is 2.89 bits per heavy atom. The van der Waals surface area contributed by atoms with Crippen LogP contribution in [0.2, 0.25) is 0 Å². The van der Waals surface area contributed by atoms with E-state index in [1.807, 2.05) is 12.3 Å². The fourth-order valence-electron chi connectivity index (χ4n) is 2.14. The molecule has 2 amide bonds. The summed E-state index contributed by atoms with van der Waals surface area (Å²) in [5.74, 6) is -1.32. The second kappa shape index (κ2) is 5.34. The SMILES string of the molecule is Cc1csc(NC(=O)NC2CCCC2C(=O)O)n1. The number of amides is 2. The van der Waals surface area contributed by atoms with Gasteiger partial charge in [0.1, 0.15) is 0 Å². The Morgan fingerprint density at radius 2 is 2.28 bits per heavy atom. The van der Waals surface area contributed by atoms with Gasteiger partial charge in [-0.3, -0.25) is 10.1 Å². The largest absolute Gasteiger partial charge is 0.481 e. The lowest BCUT2D eigenvalue weighted by molar-refractivity contribution is -0.142. The van der Waals surface area contributed by atoms with E-state index in [9.17, 15) is 9.59 Å². The molecule has 98 valence electrons. The van der Waals surface area contributed by atoms with Gasteiger partial charge in [-0.05, 0) is 19.8 Å². The molecule has 18 heavy (non-hydrogen) atoms. The number of aromatic nitrogens is 1. The highest BCUT2D eigenvalue weighted by atomic mass is 32.1. The zero-order valence-electron chi connectivity index (χ0n) is 9.97. The zero-order valence-corrected chi connectivity index (χ0v) is 10.8. The van der Waals surface area contributed by atoms with Gasteiger partial charge < -0.3 is 10.4 Å². The van der Waals surface area contributed by atoms with Gasteiger partial charge in [-0.1, -0.05) is 6.42 Å². The first-order chi connectivity index (χ1) is 8.56. The average molecular weight is 269 g/mol. The molecule has 3 N–H and O–H groups in total. The first kappa shape index (κ1) is 12.8. The summed E-state index contributed by atoms with van der Waals surface area (Å²) >= 11 is 1.34. The Balaban J connectivity index is 1.89. The number of carboxylic acid groups (broad SMARTS) is 1. The first-order valence-electron chi connectivity index (χ1n) is 5.78. The summed E-state index contributed by atoms with van der Waals surface area (Å²) in [5, 5.41) is 16.7. The van der Waals surface area contributed by atoms with Crippen molar-refractivity contribution in [2.75, 3.05) is 5.32 Å². The Labute approximate surface area is 108 Å². The number of carbonyl (C=O) groups excluding carboxylic acids is 1. The third-order valence-electron chi connectivity index (χ3n) is 2.99. The number of rotatable bonds is 3. The summed E-state index contributed by atoms with van der Waals surface area (Å²) in [6.07, 6.45) is 2.16. The lowest BCUT2D eigenvalue weighted by atomic mass is 10.0. The standard InChI is InChI=1S/C11H15N3O3S/c1-6-5-18-11(12-6)14-10(17)13-8-4-2-3-7(8)9(15)16/h5,7-8H,2-4H2,1H3,(H,15,16)(H2,12,13,14,17). The van der Waals surface area contributed by atoms with Gasteiger partial charge in [-0.25, -0.2) is 9.78 Å². The van der Waals surface area contributed by atoms with E-state index in [1.165, 1.54) is 11.3 Å². The van der Waals surface area contributed by atoms with Crippen LogP contribution < -0.4 is 10.6 Å². The first-order valence-corrected chi connectivity index (χ1v) is 6.66. The molecule has 1 saturated carbocycles. The van der Waals surface area contributed by atoms with E-state index >= 15 is 0 Å². The van der Waals surface area contributed by atoms with Crippen LogP contribution in [0.5, 0.6) is 0 Å². The van der Waals surface area contributed by atoms with Gasteiger partial charge in [0.25, 0.3) is 0 Å². The molecular formula is C11H15N3O3S. The van der Waals surface area contributed by atoms with Gasteiger partial charge in [-0.15, -0.1) is 11.3 Å². The number of urea groups is 1. The summed E-state index contributed by atoms with van der Waals surface area (Å²) in [5.41, 5.74) is 0.847. The van der Waals surface area contributed by atoms with Gasteiger partial charge in [-0.2, -0.15) is 0 Å². The lowest BCUT2D eigenvalue weighted by Gasteiger charge is -2.17. The highest BCUT2D eigenvalue weighted by Crippen LogP contribution is 2.26. The van der Waals surface area contributed by atoms with Crippen molar-refractivity contribution in [2.24, 2.45) is 5.92 Å². The second-order valence-corrected chi connectivity index (χ2v) is 5.23. The predicted octanol–water partition coefficient (Wildman–Crippen LogP) is 1.83. The van der Waals surface area contributed by atoms with E-state index < -0.39 is 11.9 Å². The van der Waals surface area contributed by atoms with Crippen molar-refractivity contribution in [3.63, 3.8) is 0 Å². The zero-order chi connectivity index (χ0) is 13.1. The molecule has 1 aliphatic carbocycles. The number of hydrogen-bond acceptors (Lipinski definition) is 4. The molecule has 0 spiro atoms. The van der Waals surface area contributed by atoms with E-state index in [0.717, 1.165) is 12.1 Å². The molecule has 6 nitrogen and oxygen atoms in total. The monoisotopic (exact) mass is 269 g/mol. The number of aryl methyl sites for hydroxylation is 1. The highest BCUT2D eigenvalue weighted by molar-refractivity contribution is 7.13. The molecule has 1 fully saturated rings. The molecule has 7 heteroatoms. The maximum absolute atomic E-state index is 11.7. The lowest BCUT2D eigenvalue weighted by Crippen LogP contribution is -2.42. The molecule has 2 rings (SSSR count). The van der Waals surface area contributed by atoms with Gasteiger partial charge >= 0.3 is 12.0 Å².